The largest absolute Gasteiger partial charge is 0.465 e. The number of hydrogen-bond acceptors (Lipinski definition) is 5. The van der Waals surface area contributed by atoms with Crippen LogP contribution in [0.2, 0.25) is 0 Å². The first-order valence-electron chi connectivity index (χ1n) is 5.16. The second-order valence-electron chi connectivity index (χ2n) is 3.53. The first-order chi connectivity index (χ1) is 8.75. The fourth-order valence-corrected chi connectivity index (χ4v) is 3.92. The minimum Gasteiger partial charge on any atom is -0.465 e. The molecule has 9 heteroatoms. The van der Waals surface area contributed by atoms with Crippen molar-refractivity contribution in [1.82, 2.24) is 0 Å². The van der Waals surface area contributed by atoms with Gasteiger partial charge in [-0.25, -0.2) is 8.42 Å². The van der Waals surface area contributed by atoms with E-state index in [0.717, 1.165) is 0 Å². The number of rotatable bonds is 5. The molecule has 0 aliphatic rings. The summed E-state index contributed by atoms with van der Waals surface area (Å²) in [5.74, 6) is -1.55. The molecule has 6 nitrogen and oxygen atoms in total. The van der Waals surface area contributed by atoms with Crippen LogP contribution >= 0.6 is 31.9 Å². The number of anilines is 2. The Morgan fingerprint density at radius 3 is 2.37 bits per heavy atom. The minimum atomic E-state index is -3.84. The predicted octanol–water partition coefficient (Wildman–Crippen LogP) is 2.10. The van der Waals surface area contributed by atoms with Crippen LogP contribution in [0.1, 0.15) is 6.92 Å². The van der Waals surface area contributed by atoms with Crippen LogP contribution in [0.25, 0.3) is 0 Å². The van der Waals surface area contributed by atoms with Crippen molar-refractivity contribution in [3.05, 3.63) is 21.1 Å². The lowest BCUT2D eigenvalue weighted by molar-refractivity contribution is -0.139. The van der Waals surface area contributed by atoms with Crippen LogP contribution in [0.4, 0.5) is 11.4 Å². The van der Waals surface area contributed by atoms with Gasteiger partial charge in [-0.15, -0.1) is 0 Å². The number of esters is 1. The van der Waals surface area contributed by atoms with E-state index in [1.54, 1.807) is 19.1 Å². The molecular formula is C10H12Br2N2O4S. The highest BCUT2D eigenvalue weighted by Gasteiger charge is 2.20. The summed E-state index contributed by atoms with van der Waals surface area (Å²) in [5.41, 5.74) is 6.34. The van der Waals surface area contributed by atoms with Crippen molar-refractivity contribution >= 4 is 59.2 Å². The van der Waals surface area contributed by atoms with Crippen LogP contribution in [-0.4, -0.2) is 26.7 Å². The molecule has 0 aromatic heterocycles. The van der Waals surface area contributed by atoms with Gasteiger partial charge in [0.05, 0.1) is 12.3 Å². The second kappa shape index (κ2) is 6.58. The average Bonchev–Trinajstić information content (AvgIpc) is 2.23. The summed E-state index contributed by atoms with van der Waals surface area (Å²) in [7, 11) is -3.84. The molecule has 0 saturated heterocycles. The normalized spacial score (nSPS) is 11.1. The maximum absolute atomic E-state index is 11.8. The first-order valence-corrected chi connectivity index (χ1v) is 8.39. The molecule has 106 valence electrons. The van der Waals surface area contributed by atoms with E-state index in [4.69, 9.17) is 5.73 Å². The lowest BCUT2D eigenvalue weighted by Crippen LogP contribution is -2.24. The minimum absolute atomic E-state index is 0.129. The third-order valence-electron chi connectivity index (χ3n) is 1.94. The van der Waals surface area contributed by atoms with Gasteiger partial charge in [-0.1, -0.05) is 0 Å². The van der Waals surface area contributed by atoms with E-state index >= 15 is 0 Å². The summed E-state index contributed by atoms with van der Waals surface area (Å²) in [6, 6.07) is 3.10. The SMILES string of the molecule is CCOC(=O)CS(=O)(=O)Nc1c(Br)cc(N)cc1Br. The maximum Gasteiger partial charge on any atom is 0.323 e. The number of benzene rings is 1. The molecule has 3 N–H and O–H groups in total. The van der Waals surface area contributed by atoms with Crippen molar-refractivity contribution in [2.75, 3.05) is 22.8 Å². The van der Waals surface area contributed by atoms with Crippen molar-refractivity contribution in [1.29, 1.82) is 0 Å². The molecule has 1 aromatic carbocycles. The smallest absolute Gasteiger partial charge is 0.323 e. The summed E-state index contributed by atoms with van der Waals surface area (Å²) in [6.45, 7) is 1.73. The monoisotopic (exact) mass is 414 g/mol. The topological polar surface area (TPSA) is 98.5 Å². The standard InChI is InChI=1S/C10H12Br2N2O4S/c1-2-18-9(15)5-19(16,17)14-10-7(11)3-6(13)4-8(10)12/h3-4,14H,2,5,13H2,1H3. The Balaban J connectivity index is 2.93. The molecule has 0 atom stereocenters. The van der Waals surface area contributed by atoms with Gasteiger partial charge in [0.1, 0.15) is 0 Å². The van der Waals surface area contributed by atoms with Crippen molar-refractivity contribution < 1.29 is 17.9 Å². The zero-order valence-electron chi connectivity index (χ0n) is 9.94. The Bertz CT molecular complexity index is 566. The summed E-state index contributed by atoms with van der Waals surface area (Å²) in [6.07, 6.45) is 0. The van der Waals surface area contributed by atoms with Crippen LogP contribution in [0.5, 0.6) is 0 Å². The van der Waals surface area contributed by atoms with Crippen LogP contribution in [-0.2, 0) is 19.6 Å². The first kappa shape index (κ1) is 16.3. The van der Waals surface area contributed by atoms with Crippen LogP contribution < -0.4 is 10.5 Å². The molecule has 0 unspecified atom stereocenters. The van der Waals surface area contributed by atoms with Crippen molar-refractivity contribution in [3.63, 3.8) is 0 Å². The highest BCUT2D eigenvalue weighted by Crippen LogP contribution is 2.34. The zero-order chi connectivity index (χ0) is 14.6. The third kappa shape index (κ3) is 5.00. The lowest BCUT2D eigenvalue weighted by Gasteiger charge is -2.12. The number of hydrogen-bond donors (Lipinski definition) is 2. The molecule has 0 amide bonds. The molecule has 19 heavy (non-hydrogen) atoms. The molecule has 0 fully saturated rings. The number of carbonyl (C=O) groups is 1. The van der Waals surface area contributed by atoms with Gasteiger partial charge in [-0.3, -0.25) is 9.52 Å². The summed E-state index contributed by atoms with van der Waals surface area (Å²) in [4.78, 5) is 11.2. The van der Waals surface area contributed by atoms with E-state index in [9.17, 15) is 13.2 Å². The Labute approximate surface area is 128 Å². The molecule has 1 aromatic rings. The van der Waals surface area contributed by atoms with Gasteiger partial charge in [0.15, 0.2) is 5.75 Å². The Hall–Kier alpha value is -0.800. The predicted molar refractivity (Wildman–Crippen MR) is 80.3 cm³/mol. The second-order valence-corrected chi connectivity index (χ2v) is 6.96. The van der Waals surface area contributed by atoms with Gasteiger partial charge >= 0.3 is 5.97 Å². The van der Waals surface area contributed by atoms with Crippen LogP contribution in [0.15, 0.2) is 21.1 Å². The van der Waals surface area contributed by atoms with Gasteiger partial charge in [-0.2, -0.15) is 0 Å². The molecule has 0 heterocycles. The molecule has 0 saturated carbocycles. The number of ether oxygens (including phenoxy) is 1. The van der Waals surface area contributed by atoms with Gasteiger partial charge in [0.2, 0.25) is 10.0 Å². The van der Waals surface area contributed by atoms with Crippen molar-refractivity contribution in [3.8, 4) is 0 Å². The Kier molecular flexibility index (Phi) is 5.63. The molecule has 0 aliphatic carbocycles. The molecule has 1 rings (SSSR count). The van der Waals surface area contributed by atoms with Gasteiger partial charge in [-0.05, 0) is 50.9 Å². The van der Waals surface area contributed by atoms with Gasteiger partial charge in [0.25, 0.3) is 0 Å². The summed E-state index contributed by atoms with van der Waals surface area (Å²) >= 11 is 6.39. The number of sulfonamides is 1. The fraction of sp³-hybridized carbons (Fsp3) is 0.300. The molecular weight excluding hydrogens is 404 g/mol. The van der Waals surface area contributed by atoms with E-state index in [2.05, 4.69) is 41.3 Å². The van der Waals surface area contributed by atoms with Crippen LogP contribution in [0, 0.1) is 0 Å². The number of halogens is 2. The van der Waals surface area contributed by atoms with E-state index in [1.165, 1.54) is 0 Å². The van der Waals surface area contributed by atoms with Crippen LogP contribution in [0.3, 0.4) is 0 Å². The average molecular weight is 416 g/mol. The summed E-state index contributed by atoms with van der Waals surface area (Å²) < 4.78 is 31.4. The maximum atomic E-state index is 11.8. The Morgan fingerprint density at radius 2 is 1.89 bits per heavy atom. The fourth-order valence-electron chi connectivity index (χ4n) is 1.24. The third-order valence-corrected chi connectivity index (χ3v) is 4.32. The number of nitrogens with one attached hydrogen (secondary N) is 1. The van der Waals surface area contributed by atoms with Crippen molar-refractivity contribution in [2.45, 2.75) is 6.92 Å². The van der Waals surface area contributed by atoms with Crippen molar-refractivity contribution in [2.24, 2.45) is 0 Å². The number of nitrogen functional groups attached to an aromatic ring is 1. The van der Waals surface area contributed by atoms with Gasteiger partial charge in [0, 0.05) is 14.6 Å². The number of carbonyl (C=O) groups excluding carboxylic acids is 1. The Morgan fingerprint density at radius 1 is 1.37 bits per heavy atom. The van der Waals surface area contributed by atoms with E-state index in [-0.39, 0.29) is 12.3 Å². The zero-order valence-corrected chi connectivity index (χ0v) is 13.9. The molecule has 0 radical (unpaired) electrons. The molecule has 0 aliphatic heterocycles. The van der Waals surface area contributed by atoms with E-state index in [0.29, 0.717) is 14.6 Å². The van der Waals surface area contributed by atoms with E-state index < -0.39 is 21.7 Å². The highest BCUT2D eigenvalue weighted by atomic mass is 79.9. The molecule has 0 spiro atoms. The highest BCUT2D eigenvalue weighted by molar-refractivity contribution is 9.11. The molecule has 0 bridgehead atoms. The van der Waals surface area contributed by atoms with E-state index in [1.807, 2.05) is 0 Å². The number of nitrogens with two attached hydrogens (primary N) is 1. The summed E-state index contributed by atoms with van der Waals surface area (Å²) in [5, 5.41) is 0. The lowest BCUT2D eigenvalue weighted by atomic mass is 10.3. The quantitative estimate of drug-likeness (QED) is 0.566. The van der Waals surface area contributed by atoms with Gasteiger partial charge < -0.3 is 10.5 Å².